The molecule has 2 heterocycles. The van der Waals surface area contributed by atoms with Gasteiger partial charge in [0.25, 0.3) is 0 Å². The van der Waals surface area contributed by atoms with Crippen LogP contribution in [-0.2, 0) is 12.8 Å². The minimum Gasteiger partial charge on any atom is -0.377 e. The first-order valence-corrected chi connectivity index (χ1v) is 8.79. The molecule has 0 spiro atoms. The summed E-state index contributed by atoms with van der Waals surface area (Å²) in [6.07, 6.45) is 7.63. The molecule has 2 aliphatic rings. The molecule has 118 valence electrons. The van der Waals surface area contributed by atoms with Gasteiger partial charge in [-0.3, -0.25) is 4.98 Å². The lowest BCUT2D eigenvalue weighted by Crippen LogP contribution is -2.25. The van der Waals surface area contributed by atoms with Gasteiger partial charge >= 0.3 is 0 Å². The molecule has 2 nitrogen and oxygen atoms in total. The molecule has 0 radical (unpaired) electrons. The molecule has 1 aromatic carbocycles. The number of likely N-dealkylation sites (tertiary alicyclic amines) is 1. The molecular weight excluding hydrogens is 304 g/mol. The fourth-order valence-electron chi connectivity index (χ4n) is 3.85. The van der Waals surface area contributed by atoms with Crippen LogP contribution in [0.1, 0.15) is 41.6 Å². The zero-order chi connectivity index (χ0) is 15.8. The number of nitrogens with zero attached hydrogens (tertiary/aromatic N) is 2. The van der Waals surface area contributed by atoms with Crippen LogP contribution in [0.25, 0.3) is 5.57 Å². The van der Waals surface area contributed by atoms with Gasteiger partial charge in [-0.2, -0.15) is 0 Å². The largest absolute Gasteiger partial charge is 0.377 e. The van der Waals surface area contributed by atoms with Crippen molar-refractivity contribution in [2.75, 3.05) is 13.6 Å². The van der Waals surface area contributed by atoms with Crippen LogP contribution in [0.4, 0.5) is 0 Å². The van der Waals surface area contributed by atoms with Gasteiger partial charge in [0.1, 0.15) is 0 Å². The molecule has 2 aromatic rings. The van der Waals surface area contributed by atoms with E-state index < -0.39 is 0 Å². The van der Waals surface area contributed by atoms with Crippen LogP contribution in [-0.4, -0.2) is 23.5 Å². The number of rotatable bonds is 0. The molecule has 0 saturated carbocycles. The van der Waals surface area contributed by atoms with E-state index in [2.05, 4.69) is 36.2 Å². The summed E-state index contributed by atoms with van der Waals surface area (Å²) in [6, 6.07) is 10.6. The number of aromatic nitrogens is 1. The fourth-order valence-corrected chi connectivity index (χ4v) is 4.05. The smallest absolute Gasteiger partial charge is 0.0757 e. The second-order valence-electron chi connectivity index (χ2n) is 6.51. The minimum atomic E-state index is 0.823. The molecule has 1 aliphatic carbocycles. The molecule has 3 heteroatoms. The first-order chi connectivity index (χ1) is 11.2. The summed E-state index contributed by atoms with van der Waals surface area (Å²) >= 11 is 6.26. The quantitative estimate of drug-likeness (QED) is 0.697. The van der Waals surface area contributed by atoms with Crippen LogP contribution in [0.2, 0.25) is 5.02 Å². The van der Waals surface area contributed by atoms with Crippen LogP contribution in [0.3, 0.4) is 0 Å². The standard InChI is InChI=1S/C20H21ClN2/c1-23-12-3-2-6-18(23)19-17-10-9-16(21)13-15(17)8-7-14-5-4-11-22-20(14)19/h4-5,9-11,13H,2-3,6-8,12H2,1H3. The lowest BCUT2D eigenvalue weighted by Gasteiger charge is -2.31. The number of piperidine rings is 1. The third-order valence-electron chi connectivity index (χ3n) is 5.03. The Morgan fingerprint density at radius 1 is 1.04 bits per heavy atom. The van der Waals surface area contributed by atoms with E-state index in [0.29, 0.717) is 0 Å². The molecule has 1 fully saturated rings. The normalized spacial score (nSPS) is 20.7. The second kappa shape index (κ2) is 6.01. The lowest BCUT2D eigenvalue weighted by atomic mass is 9.92. The number of halogens is 1. The van der Waals surface area contributed by atoms with Crippen molar-refractivity contribution in [3.05, 3.63) is 69.6 Å². The summed E-state index contributed by atoms with van der Waals surface area (Å²) in [5.41, 5.74) is 7.93. The molecule has 4 rings (SSSR count). The second-order valence-corrected chi connectivity index (χ2v) is 6.95. The monoisotopic (exact) mass is 324 g/mol. The predicted octanol–water partition coefficient (Wildman–Crippen LogP) is 4.71. The van der Waals surface area contributed by atoms with Gasteiger partial charge in [-0.15, -0.1) is 0 Å². The SMILES string of the molecule is CN1CCCCC1=C1c2ccc(Cl)cc2CCc2cccnc21. The average molecular weight is 325 g/mol. The van der Waals surface area contributed by atoms with Crippen molar-refractivity contribution >= 4 is 17.2 Å². The van der Waals surface area contributed by atoms with E-state index in [1.807, 2.05) is 12.3 Å². The molecule has 1 aromatic heterocycles. The summed E-state index contributed by atoms with van der Waals surface area (Å²) in [5, 5.41) is 0.823. The molecule has 1 saturated heterocycles. The zero-order valence-electron chi connectivity index (χ0n) is 13.5. The van der Waals surface area contributed by atoms with Gasteiger partial charge in [0, 0.05) is 36.1 Å². The Labute approximate surface area is 142 Å². The Morgan fingerprint density at radius 3 is 2.78 bits per heavy atom. The summed E-state index contributed by atoms with van der Waals surface area (Å²) in [5.74, 6) is 0. The zero-order valence-corrected chi connectivity index (χ0v) is 14.2. The topological polar surface area (TPSA) is 16.1 Å². The van der Waals surface area contributed by atoms with Crippen LogP contribution in [0, 0.1) is 0 Å². The van der Waals surface area contributed by atoms with Crippen molar-refractivity contribution in [1.29, 1.82) is 0 Å². The average Bonchev–Trinajstić information content (AvgIpc) is 2.72. The van der Waals surface area contributed by atoms with E-state index >= 15 is 0 Å². The van der Waals surface area contributed by atoms with Crippen LogP contribution >= 0.6 is 11.6 Å². The maximum Gasteiger partial charge on any atom is 0.0757 e. The van der Waals surface area contributed by atoms with Crippen LogP contribution in [0.5, 0.6) is 0 Å². The van der Waals surface area contributed by atoms with E-state index in [1.54, 1.807) is 0 Å². The minimum absolute atomic E-state index is 0.823. The summed E-state index contributed by atoms with van der Waals surface area (Å²) in [6.45, 7) is 1.13. The first-order valence-electron chi connectivity index (χ1n) is 8.41. The van der Waals surface area contributed by atoms with Crippen molar-refractivity contribution < 1.29 is 0 Å². The number of pyridine rings is 1. The third kappa shape index (κ3) is 2.66. The van der Waals surface area contributed by atoms with Crippen molar-refractivity contribution in [2.24, 2.45) is 0 Å². The van der Waals surface area contributed by atoms with Gasteiger partial charge in [-0.25, -0.2) is 0 Å². The highest BCUT2D eigenvalue weighted by molar-refractivity contribution is 6.30. The number of allylic oxidation sites excluding steroid dienone is 1. The number of aryl methyl sites for hydroxylation is 2. The van der Waals surface area contributed by atoms with Gasteiger partial charge in [0.15, 0.2) is 0 Å². The highest BCUT2D eigenvalue weighted by atomic mass is 35.5. The van der Waals surface area contributed by atoms with Gasteiger partial charge in [-0.1, -0.05) is 23.7 Å². The molecule has 1 aliphatic heterocycles. The van der Waals surface area contributed by atoms with Gasteiger partial charge < -0.3 is 4.90 Å². The summed E-state index contributed by atoms with van der Waals surface area (Å²) < 4.78 is 0. The molecular formula is C20H21ClN2. The Morgan fingerprint density at radius 2 is 1.91 bits per heavy atom. The van der Waals surface area contributed by atoms with E-state index in [9.17, 15) is 0 Å². The first kappa shape index (κ1) is 14.8. The maximum atomic E-state index is 6.26. The number of fused-ring (bicyclic) bond motifs is 2. The molecule has 23 heavy (non-hydrogen) atoms. The van der Waals surface area contributed by atoms with E-state index in [1.165, 1.54) is 40.8 Å². The maximum absolute atomic E-state index is 6.26. The van der Waals surface area contributed by atoms with Gasteiger partial charge in [-0.05, 0) is 67.0 Å². The number of hydrogen-bond acceptors (Lipinski definition) is 2. The Bertz CT molecular complexity index is 779. The Kier molecular flexibility index (Phi) is 3.86. The van der Waals surface area contributed by atoms with Gasteiger partial charge in [0.05, 0.1) is 5.69 Å². The van der Waals surface area contributed by atoms with E-state index in [4.69, 9.17) is 16.6 Å². The van der Waals surface area contributed by atoms with Crippen molar-refractivity contribution in [2.45, 2.75) is 32.1 Å². The van der Waals surface area contributed by atoms with Crippen molar-refractivity contribution in [1.82, 2.24) is 9.88 Å². The molecule has 0 atom stereocenters. The van der Waals surface area contributed by atoms with Crippen molar-refractivity contribution in [3.8, 4) is 0 Å². The molecule has 0 amide bonds. The fraction of sp³-hybridized carbons (Fsp3) is 0.350. The van der Waals surface area contributed by atoms with Crippen LogP contribution in [0.15, 0.2) is 42.2 Å². The molecule has 0 N–H and O–H groups in total. The van der Waals surface area contributed by atoms with E-state index in [0.717, 1.165) is 36.5 Å². The van der Waals surface area contributed by atoms with Crippen LogP contribution < -0.4 is 0 Å². The molecule has 0 unspecified atom stereocenters. The predicted molar refractivity (Wildman–Crippen MR) is 95.6 cm³/mol. The molecule has 0 bridgehead atoms. The Hall–Kier alpha value is -1.80. The van der Waals surface area contributed by atoms with Gasteiger partial charge in [0.2, 0.25) is 0 Å². The Balaban J connectivity index is 2.01. The van der Waals surface area contributed by atoms with E-state index in [-0.39, 0.29) is 0 Å². The highest BCUT2D eigenvalue weighted by Gasteiger charge is 2.25. The lowest BCUT2D eigenvalue weighted by molar-refractivity contribution is 0.347. The van der Waals surface area contributed by atoms with Crippen molar-refractivity contribution in [3.63, 3.8) is 0 Å². The highest BCUT2D eigenvalue weighted by Crippen LogP contribution is 2.38. The summed E-state index contributed by atoms with van der Waals surface area (Å²) in [4.78, 5) is 7.19. The summed E-state index contributed by atoms with van der Waals surface area (Å²) in [7, 11) is 2.21. The number of hydrogen-bond donors (Lipinski definition) is 0. The third-order valence-corrected chi connectivity index (χ3v) is 5.27. The number of benzene rings is 1.